The molecule has 1 aromatic carbocycles. The van der Waals surface area contributed by atoms with Crippen molar-refractivity contribution in [3.63, 3.8) is 0 Å². The van der Waals surface area contributed by atoms with Gasteiger partial charge in [-0.25, -0.2) is 4.79 Å². The molecule has 15 amide bonds. The van der Waals surface area contributed by atoms with E-state index < -0.39 is 236 Å². The van der Waals surface area contributed by atoms with Gasteiger partial charge in [-0.1, -0.05) is 73.6 Å². The Morgan fingerprint density at radius 2 is 0.830 bits per heavy atom. The molecule has 0 radical (unpaired) electrons. The number of para-hydroxylation sites is 1. The van der Waals surface area contributed by atoms with E-state index in [1.807, 2.05) is 13.8 Å². The minimum atomic E-state index is -1.84. The molecule has 112 heavy (non-hydrogen) atoms. The maximum absolute atomic E-state index is 14.3. The van der Waals surface area contributed by atoms with Crippen molar-refractivity contribution in [2.24, 2.45) is 40.9 Å². The zero-order chi connectivity index (χ0) is 84.8. The van der Waals surface area contributed by atoms with Gasteiger partial charge in [-0.2, -0.15) is 0 Å². The number of carbonyl (C=O) groups is 17. The van der Waals surface area contributed by atoms with Crippen LogP contribution >= 0.6 is 0 Å². The minimum Gasteiger partial charge on any atom is -0.481 e. The molecule has 0 aliphatic carbocycles. The number of carbonyl (C=O) groups excluding carboxylic acids is 15. The summed E-state index contributed by atoms with van der Waals surface area (Å²) in [4.78, 5) is 229. The highest BCUT2D eigenvalue weighted by atomic mass is 16.4. The first-order valence-electron chi connectivity index (χ1n) is 37.1. The molecule has 2 rings (SSSR count). The number of aromatic nitrogens is 1. The third-order valence-electron chi connectivity index (χ3n) is 17.3. The molecule has 0 bridgehead atoms. The SMILES string of the molecule is CC(C)C[C@H](NC(=O)[C@H](CC(=O)O)NC(=O)[C@H](C)NC(=O)[C@H](CCCCN)NC(=O)[C@@H](NC(=O)[C@H](C)NC(=O)[C@H](CO)NC(=O)[C@@H](NC(=O)[C@H](Cc1c[nH]c2ccccc12)NC(=O)CNC(=O)CNC(=O)[C@@H](NC(=O)[C@H](CO)NC(=O)[C@@H](N)CC(C)C)[C@@H](C)O)C(C)C)C(C)C)C(=O)NCC(=O)N[C@@H](CCCCN)C(=O)O. The van der Waals surface area contributed by atoms with E-state index in [1.165, 1.54) is 27.7 Å². The van der Waals surface area contributed by atoms with E-state index in [-0.39, 0.29) is 56.9 Å². The van der Waals surface area contributed by atoms with Crippen LogP contribution in [-0.4, -0.2) is 262 Å². The average Bonchev–Trinajstić information content (AvgIpc) is 1.64. The van der Waals surface area contributed by atoms with Gasteiger partial charge in [0, 0.05) is 23.5 Å². The second kappa shape index (κ2) is 49.7. The molecule has 41 heteroatoms. The number of hydrogen-bond donors (Lipinski definition) is 24. The maximum Gasteiger partial charge on any atom is 0.326 e. The number of aliphatic hydroxyl groups excluding tert-OH is 3. The van der Waals surface area contributed by atoms with E-state index in [0.29, 0.717) is 42.3 Å². The highest BCUT2D eigenvalue weighted by molar-refractivity contribution is 6.01. The van der Waals surface area contributed by atoms with Gasteiger partial charge in [0.2, 0.25) is 88.6 Å². The molecule has 0 saturated heterocycles. The molecule has 0 aliphatic heterocycles. The Morgan fingerprint density at radius 3 is 1.34 bits per heavy atom. The summed E-state index contributed by atoms with van der Waals surface area (Å²) in [5.74, 6) is -19.2. The number of amides is 15. The fourth-order valence-corrected chi connectivity index (χ4v) is 11.0. The van der Waals surface area contributed by atoms with Gasteiger partial charge in [0.05, 0.1) is 51.4 Å². The molecular weight excluding hydrogens is 1470 g/mol. The van der Waals surface area contributed by atoms with Crippen molar-refractivity contribution >= 4 is 111 Å². The highest BCUT2D eigenvalue weighted by Crippen LogP contribution is 2.20. The number of aliphatic carboxylic acids is 2. The van der Waals surface area contributed by atoms with Crippen LogP contribution in [0.4, 0.5) is 0 Å². The molecule has 2 aromatic rings. The molecule has 1 heterocycles. The predicted octanol–water partition coefficient (Wildman–Crippen LogP) is -7.17. The summed E-state index contributed by atoms with van der Waals surface area (Å²) in [7, 11) is 0. The van der Waals surface area contributed by atoms with E-state index in [0.717, 1.165) is 6.92 Å². The predicted molar refractivity (Wildman–Crippen MR) is 404 cm³/mol. The molecule has 41 nitrogen and oxygen atoms in total. The number of H-pyrrole nitrogens is 1. The lowest BCUT2D eigenvalue weighted by Gasteiger charge is -2.28. The number of aliphatic hydroxyl groups is 3. The lowest BCUT2D eigenvalue weighted by Crippen LogP contribution is -2.61. The highest BCUT2D eigenvalue weighted by Gasteiger charge is 2.38. The number of carboxylic acids is 2. The Bertz CT molecular complexity index is 3540. The molecular formula is C71H117N19O22. The van der Waals surface area contributed by atoms with E-state index in [9.17, 15) is 107 Å². The Kier molecular flexibility index (Phi) is 43.3. The van der Waals surface area contributed by atoms with Crippen molar-refractivity contribution in [1.29, 1.82) is 0 Å². The van der Waals surface area contributed by atoms with Crippen LogP contribution in [0.25, 0.3) is 10.9 Å². The molecule has 0 fully saturated rings. The fourth-order valence-electron chi connectivity index (χ4n) is 11.0. The molecule has 1 aromatic heterocycles. The number of carboxylic acid groups (broad SMARTS) is 2. The Morgan fingerprint density at radius 1 is 0.411 bits per heavy atom. The number of nitrogens with one attached hydrogen (secondary N) is 16. The molecule has 0 saturated carbocycles. The molecule has 14 atom stereocenters. The third kappa shape index (κ3) is 34.8. The van der Waals surface area contributed by atoms with Crippen molar-refractivity contribution in [2.45, 2.75) is 225 Å². The summed E-state index contributed by atoms with van der Waals surface area (Å²) in [6.07, 6.45) is 0.525. The van der Waals surface area contributed by atoms with Crippen LogP contribution in [-0.2, 0) is 87.9 Å². The van der Waals surface area contributed by atoms with Gasteiger partial charge in [0.1, 0.15) is 72.5 Å². The van der Waals surface area contributed by atoms with E-state index in [1.54, 1.807) is 58.2 Å². The normalized spacial score (nSPS) is 15.0. The summed E-state index contributed by atoms with van der Waals surface area (Å²) < 4.78 is 0. The summed E-state index contributed by atoms with van der Waals surface area (Å²) in [6.45, 7) is 13.0. The van der Waals surface area contributed by atoms with Crippen molar-refractivity contribution in [1.82, 2.24) is 84.7 Å². The van der Waals surface area contributed by atoms with Crippen LogP contribution < -0.4 is 97.0 Å². The average molecular weight is 1590 g/mol. The number of fused-ring (bicyclic) bond motifs is 1. The first-order chi connectivity index (χ1) is 52.6. The lowest BCUT2D eigenvalue weighted by molar-refractivity contribution is -0.142. The van der Waals surface area contributed by atoms with E-state index >= 15 is 0 Å². The number of nitrogens with two attached hydrogens (primary N) is 3. The number of unbranched alkanes of at least 4 members (excludes halogenated alkanes) is 2. The number of hydrogen-bond acceptors (Lipinski definition) is 23. The molecule has 628 valence electrons. The second-order valence-electron chi connectivity index (χ2n) is 28.7. The van der Waals surface area contributed by atoms with Gasteiger partial charge < -0.3 is 127 Å². The van der Waals surface area contributed by atoms with Gasteiger partial charge in [-0.15, -0.1) is 0 Å². The smallest absolute Gasteiger partial charge is 0.326 e. The topological polar surface area (TPSA) is 666 Å². The third-order valence-corrected chi connectivity index (χ3v) is 17.3. The van der Waals surface area contributed by atoms with Crippen LogP contribution in [0.2, 0.25) is 0 Å². The van der Waals surface area contributed by atoms with Gasteiger partial charge in [-0.05, 0) is 121 Å². The quantitative estimate of drug-likeness (QED) is 0.0274. The van der Waals surface area contributed by atoms with Crippen LogP contribution in [0, 0.1) is 23.7 Å². The van der Waals surface area contributed by atoms with Gasteiger partial charge >= 0.3 is 11.9 Å². The molecule has 0 aliphatic rings. The zero-order valence-corrected chi connectivity index (χ0v) is 65.2. The zero-order valence-electron chi connectivity index (χ0n) is 65.2. The summed E-state index contributed by atoms with van der Waals surface area (Å²) in [5.41, 5.74) is 18.3. The maximum atomic E-state index is 14.3. The van der Waals surface area contributed by atoms with Gasteiger partial charge in [-0.3, -0.25) is 76.7 Å². The van der Waals surface area contributed by atoms with Gasteiger partial charge in [0.25, 0.3) is 0 Å². The Labute approximate surface area is 648 Å². The number of aromatic amines is 1. The van der Waals surface area contributed by atoms with Crippen LogP contribution in [0.1, 0.15) is 140 Å². The summed E-state index contributed by atoms with van der Waals surface area (Å²) in [6, 6.07) is -12.4. The summed E-state index contributed by atoms with van der Waals surface area (Å²) in [5, 5.41) is 86.2. The molecule has 0 spiro atoms. The largest absolute Gasteiger partial charge is 0.481 e. The fraction of sp³-hybridized carbons (Fsp3) is 0.648. The number of benzene rings is 1. The minimum absolute atomic E-state index is 0.0212. The molecule has 0 unspecified atom stereocenters. The van der Waals surface area contributed by atoms with E-state index in [4.69, 9.17) is 17.2 Å². The lowest BCUT2D eigenvalue weighted by atomic mass is 10.00. The monoisotopic (exact) mass is 1590 g/mol. The first-order valence-corrected chi connectivity index (χ1v) is 37.1. The van der Waals surface area contributed by atoms with E-state index in [2.05, 4.69) is 84.7 Å². The van der Waals surface area contributed by atoms with Crippen molar-refractivity contribution in [3.05, 3.63) is 36.0 Å². The van der Waals surface area contributed by atoms with Gasteiger partial charge in [0.15, 0.2) is 0 Å². The van der Waals surface area contributed by atoms with Crippen LogP contribution in [0.3, 0.4) is 0 Å². The first kappa shape index (κ1) is 97.6. The molecule has 27 N–H and O–H groups in total. The standard InChI is InChI=1S/C71H117N19O22/c1-34(2)24-43(74)61(101)86-51(33-92)67(107)90-58(40(11)93)68(108)78-29-52(94)76-30-53(95)82-48(26-41-28-75-44-19-13-12-18-42(41)44)65(105)89-57(37(7)8)70(110)87-50(32-91)66(106)80-39(10)60(100)88-56(36(5)6)69(109)83-45(20-14-16-22-72)63(103)79-38(9)59(99)84-49(27-55(97)98)64(104)85-47(25-35(3)4)62(102)77-31-54(96)81-46(71(111)112)21-15-17-23-73/h12-13,18-19,28,34-40,43,45-51,56-58,75,91-93H,14-17,20-27,29-33,72-74H2,1-11H3,(H,76,94)(H,77,102)(H,78,108)(H,79,103)(H,80,106)(H,81,96)(H,82,95)(H,83,109)(H,84,99)(H,85,104)(H,86,101)(H,87,110)(H,88,100)(H,89,105)(H,90,107)(H,97,98)(H,111,112)/t38-,39-,40+,43-,45-,46-,47-,48-,49-,50-,51-,56-,57-,58-/m0/s1. The van der Waals surface area contributed by atoms with Crippen LogP contribution in [0.5, 0.6) is 0 Å². The Balaban J connectivity index is 2.22. The number of rotatable bonds is 52. The van der Waals surface area contributed by atoms with Crippen molar-refractivity contribution < 1.29 is 107 Å². The van der Waals surface area contributed by atoms with Crippen molar-refractivity contribution in [2.75, 3.05) is 45.9 Å². The van der Waals surface area contributed by atoms with Crippen LogP contribution in [0.15, 0.2) is 30.5 Å². The Hall–Kier alpha value is -10.5. The van der Waals surface area contributed by atoms with Crippen molar-refractivity contribution in [3.8, 4) is 0 Å². The second-order valence-corrected chi connectivity index (χ2v) is 28.7. The summed E-state index contributed by atoms with van der Waals surface area (Å²) >= 11 is 0.